The van der Waals surface area contributed by atoms with Crippen LogP contribution in [-0.2, 0) is 14.0 Å². The number of carbonyl (C=O) groups excluding carboxylic acids is 2. The maximum Gasteiger partial charge on any atom is 0.417 e. The molecule has 0 aromatic carbocycles. The number of hydrogen-bond donors (Lipinski definition) is 1. The Morgan fingerprint density at radius 3 is 1.35 bits per heavy atom. The second kappa shape index (κ2) is 21.0. The Morgan fingerprint density at radius 1 is 0.690 bits per heavy atom. The fraction of sp³-hybridized carbons (Fsp3) is 0.879. The van der Waals surface area contributed by atoms with Gasteiger partial charge in [-0.05, 0) is 85.9 Å². The first-order valence-electron chi connectivity index (χ1n) is 22.7. The predicted molar refractivity (Wildman–Crippen MR) is 247 cm³/mol. The van der Waals surface area contributed by atoms with Crippen LogP contribution in [-0.4, -0.2) is 187 Å². The van der Waals surface area contributed by atoms with Crippen LogP contribution in [0.5, 0.6) is 0 Å². The Hall–Kier alpha value is -1.80. The van der Waals surface area contributed by atoms with Gasteiger partial charge in [0.05, 0.1) is 31.3 Å². The number of nitro groups is 1. The molecule has 0 radical (unpaired) electrons. The number of halogens is 13. The third-order valence-electron chi connectivity index (χ3n) is 12.4. The van der Waals surface area contributed by atoms with Crippen LogP contribution in [0.15, 0.2) is 6.33 Å². The van der Waals surface area contributed by atoms with E-state index < -0.39 is 55.1 Å². The van der Waals surface area contributed by atoms with Gasteiger partial charge in [0, 0.05) is 83.4 Å². The van der Waals surface area contributed by atoms with Crippen LogP contribution in [0.4, 0.5) is 65.9 Å². The van der Waals surface area contributed by atoms with Crippen LogP contribution >= 0.6 is 49.2 Å². The van der Waals surface area contributed by atoms with Crippen molar-refractivity contribution in [2.75, 3.05) is 106 Å². The van der Waals surface area contributed by atoms with Gasteiger partial charge in [0.15, 0.2) is 5.78 Å². The molecule has 2 amide bonds. The predicted octanol–water partition coefficient (Wildman–Crippen LogP) is 11.8. The summed E-state index contributed by atoms with van der Waals surface area (Å²) >= 11 is 5.74. The number of likely N-dealkylation sites (N-methyl/N-ethyl adjacent to an activating group) is 2. The first kappa shape index (κ1) is 60.1. The number of carbonyl (C=O) groups is 2. The first-order chi connectivity index (χ1) is 32.3. The van der Waals surface area contributed by atoms with Gasteiger partial charge in [0.25, 0.3) is 6.33 Å². The van der Waals surface area contributed by atoms with Crippen LogP contribution in [0.2, 0.25) is 0 Å². The smallest absolute Gasteiger partial charge is 0.417 e. The van der Waals surface area contributed by atoms with E-state index in [0.29, 0.717) is 0 Å². The number of rotatable bonds is 9. The van der Waals surface area contributed by atoms with E-state index in [1.54, 1.807) is 4.45 Å². The summed E-state index contributed by atoms with van der Waals surface area (Å²) in [5, 5.41) is 19.0. The van der Waals surface area contributed by atoms with Crippen molar-refractivity contribution in [3.63, 3.8) is 0 Å². The minimum Gasteiger partial charge on any atom is -0.447 e. The van der Waals surface area contributed by atoms with Gasteiger partial charge in [-0.1, -0.05) is 0 Å². The molecule has 9 rings (SSSR count). The quantitative estimate of drug-likeness (QED) is 0.107. The first-order valence-corrected chi connectivity index (χ1v) is 32.6. The zero-order chi connectivity index (χ0) is 53.2. The standard InChI is InChI=1S/C17H34N4P.C10H19N7O2P.C6H8ClN2O5P.2F6P/c1-16-8-9-17(18-16)22(19-10-2-3-11-19,20-12-4-5-13-20)21-14-6-7-15-21;1-13-7-8-14(2)20(13,15-5-3-4-6-15)16-9-11-10(12-16)17(18)19;7-15(12,8-1-3-13-5(8)10)9-2-4-14-6(9)11;2*1-7(2,3,4,5)6/h16-18H,2-15H2,1H3;9H,3-8H2,1-2H3;1-4H2;;/q2*+1;;2*-1. The van der Waals surface area contributed by atoms with Gasteiger partial charge in [-0.25, -0.2) is 18.9 Å². The zero-order valence-corrected chi connectivity index (χ0v) is 44.3. The van der Waals surface area contributed by atoms with Crippen molar-refractivity contribution in [3.8, 4) is 0 Å². The van der Waals surface area contributed by atoms with E-state index in [4.69, 9.17) is 11.2 Å². The topological polar surface area (TPSA) is 181 Å². The van der Waals surface area contributed by atoms with Crippen molar-refractivity contribution in [2.24, 2.45) is 0 Å². The maximum atomic E-state index is 12.1. The molecule has 9 heterocycles. The van der Waals surface area contributed by atoms with Gasteiger partial charge in [0.1, 0.15) is 13.2 Å². The molecule has 0 saturated carbocycles. The van der Waals surface area contributed by atoms with Crippen molar-refractivity contribution in [1.29, 1.82) is 0 Å². The Bertz CT molecular complexity index is 1960. The largest absolute Gasteiger partial charge is 0.447 e. The van der Waals surface area contributed by atoms with Gasteiger partial charge in [0.2, 0.25) is 7.71 Å². The van der Waals surface area contributed by atoms with Crippen molar-refractivity contribution in [1.82, 2.24) is 57.2 Å². The van der Waals surface area contributed by atoms with Gasteiger partial charge in [-0.3, -0.25) is 9.88 Å². The molecule has 20 nitrogen and oxygen atoms in total. The minimum absolute atomic E-state index is 0.114. The molecule has 2 atom stereocenters. The molecule has 1 aromatic heterocycles. The number of hydrogen-bond acceptors (Lipinski definition) is 16. The van der Waals surface area contributed by atoms with E-state index in [-0.39, 0.29) is 32.3 Å². The van der Waals surface area contributed by atoms with Crippen molar-refractivity contribution >= 4 is 67.4 Å². The second-order valence-electron chi connectivity index (χ2n) is 17.8. The summed E-state index contributed by atoms with van der Waals surface area (Å²) in [4.78, 5) is 36.5. The molecule has 416 valence electrons. The van der Waals surface area contributed by atoms with E-state index >= 15 is 0 Å². The van der Waals surface area contributed by atoms with E-state index in [1.807, 2.05) is 0 Å². The second-order valence-corrected chi connectivity index (χ2v) is 31.8. The number of ether oxygens (including phenoxy) is 2. The summed E-state index contributed by atoms with van der Waals surface area (Å²) in [5.41, 5.74) is 0. The molecule has 1 N–H and O–H groups in total. The molecular formula is C33H61ClF12N13O7P5. The van der Waals surface area contributed by atoms with Crippen LogP contribution in [0.1, 0.15) is 71.1 Å². The van der Waals surface area contributed by atoms with E-state index in [9.17, 15) is 74.6 Å². The molecule has 1 aromatic rings. The monoisotopic (exact) mass is 1170 g/mol. The average Bonchev–Trinajstić information content (AvgIpc) is 4.07. The van der Waals surface area contributed by atoms with Gasteiger partial charge >= 0.3 is 98.8 Å². The van der Waals surface area contributed by atoms with Crippen molar-refractivity contribution < 1.29 is 78.9 Å². The Balaban J connectivity index is 0.000000177. The molecule has 0 bridgehead atoms. The molecule has 8 fully saturated rings. The van der Waals surface area contributed by atoms with E-state index in [2.05, 4.69) is 73.9 Å². The third kappa shape index (κ3) is 16.8. The van der Waals surface area contributed by atoms with Crippen LogP contribution in [0.25, 0.3) is 0 Å². The normalized spacial score (nSPS) is 27.2. The van der Waals surface area contributed by atoms with Crippen molar-refractivity contribution in [3.05, 3.63) is 16.4 Å². The van der Waals surface area contributed by atoms with Crippen LogP contribution < -0.4 is 5.32 Å². The van der Waals surface area contributed by atoms with E-state index in [1.165, 1.54) is 110 Å². The van der Waals surface area contributed by atoms with E-state index in [0.717, 1.165) is 47.3 Å². The molecule has 8 saturated heterocycles. The molecule has 38 heteroatoms. The number of cyclic esters (lactones) is 2. The summed E-state index contributed by atoms with van der Waals surface area (Å²) in [7, 11) is -20.5. The fourth-order valence-electron chi connectivity index (χ4n) is 9.76. The summed E-state index contributed by atoms with van der Waals surface area (Å²) in [6.45, 7) is 11.2. The molecule has 8 aliphatic heterocycles. The Kier molecular flexibility index (Phi) is 17.7. The van der Waals surface area contributed by atoms with Crippen molar-refractivity contribution in [2.45, 2.75) is 83.0 Å². The van der Waals surface area contributed by atoms with Crippen LogP contribution in [0.3, 0.4) is 0 Å². The number of amides is 2. The molecule has 71 heavy (non-hydrogen) atoms. The summed E-state index contributed by atoms with van der Waals surface area (Å²) < 4.78 is 159. The summed E-state index contributed by atoms with van der Waals surface area (Å²) in [5.74, 6) is 0.425. The third-order valence-corrected chi connectivity index (χ3v) is 24.5. The molecular weight excluding hydrogens is 1110 g/mol. The van der Waals surface area contributed by atoms with Gasteiger partial charge < -0.3 is 19.6 Å². The zero-order valence-electron chi connectivity index (χ0n) is 39.1. The number of nitrogens with one attached hydrogen (secondary N) is 1. The summed E-state index contributed by atoms with van der Waals surface area (Å²) in [6, 6.07) is 0.720. The summed E-state index contributed by atoms with van der Waals surface area (Å²) in [6.07, 6.45) is 13.6. The minimum atomic E-state index is -10.7. The van der Waals surface area contributed by atoms with Gasteiger partial charge in [-0.2, -0.15) is 0 Å². The molecule has 0 aliphatic carbocycles. The maximum absolute atomic E-state index is 12.1. The average molecular weight is 1170 g/mol. The van der Waals surface area contributed by atoms with Crippen LogP contribution in [0, 0.1) is 10.1 Å². The van der Waals surface area contributed by atoms with Gasteiger partial charge in [-0.15, -0.1) is 28.0 Å². The number of aromatic nitrogens is 3. The number of nitrogens with zero attached hydrogens (tertiary/aromatic N) is 12. The Labute approximate surface area is 407 Å². The molecule has 8 aliphatic rings. The molecule has 0 spiro atoms. The Morgan fingerprint density at radius 2 is 1.06 bits per heavy atom. The SMILES string of the molecule is CC1CCC([P+](N2CCCC2)(N2CCCC2)N2CCCC2)N1.CN1CCN(C)[P+]1(N1CCCC1)n1cnc([N+](=O)[O-])n1.F[P-](F)(F)(F)(F)F.F[P-](F)(F)(F)(F)F.O=C1OCCN1P(=O)(Cl)N1CCOC1=O. The fourth-order valence-corrected chi connectivity index (χ4v) is 22.0. The molecule has 2 unspecified atom stereocenters.